The molecule has 2 aromatic rings. The number of hydrogen-bond donors (Lipinski definition) is 8. The quantitative estimate of drug-likeness (QED) is 0.128. The maximum absolute atomic E-state index is 13.4. The highest BCUT2D eigenvalue weighted by Crippen LogP contribution is 2.13. The zero-order chi connectivity index (χ0) is 28.9. The molecule has 13 nitrogen and oxygen atoms in total. The molecule has 0 spiro atoms. The van der Waals surface area contributed by atoms with Crippen LogP contribution in [0.25, 0.3) is 0 Å². The van der Waals surface area contributed by atoms with Gasteiger partial charge in [-0.05, 0) is 49.4 Å². The zero-order valence-electron chi connectivity index (χ0n) is 22.2. The zero-order valence-corrected chi connectivity index (χ0v) is 22.2. The Morgan fingerprint density at radius 3 is 2.10 bits per heavy atom. The lowest BCUT2D eigenvalue weighted by atomic mass is 10.0. The second-order valence-electron chi connectivity index (χ2n) is 9.73. The van der Waals surface area contributed by atoms with Crippen LogP contribution in [0.2, 0.25) is 0 Å². The highest BCUT2D eigenvalue weighted by molar-refractivity contribution is 5.94. The predicted molar refractivity (Wildman–Crippen MR) is 143 cm³/mol. The van der Waals surface area contributed by atoms with Crippen molar-refractivity contribution in [1.29, 1.82) is 0 Å². The summed E-state index contributed by atoms with van der Waals surface area (Å²) in [6, 6.07) is 1.86. The standard InChI is InChI=1S/C26H39N7O6/c1-15(2)22(28)25(37)32-20(11-16-6-8-18(34)9-7-16)24(36)31-19(5-3-4-10-27)23(35)33-21(26(38)39)12-17-13-29-14-30-17/h6-9,13-15,19-22,34H,3-5,10-12,27-28H2,1-2H3,(H,29,30)(H,31,36)(H,32,37)(H,33,35)(H,38,39). The number of aliphatic carboxylic acids is 1. The molecule has 1 aromatic carbocycles. The van der Waals surface area contributed by atoms with E-state index in [1.165, 1.54) is 24.7 Å². The third-order valence-corrected chi connectivity index (χ3v) is 6.20. The molecule has 0 aliphatic rings. The van der Waals surface area contributed by atoms with Crippen molar-refractivity contribution in [1.82, 2.24) is 25.9 Å². The number of phenolic OH excluding ortho intramolecular Hbond substituents is 1. The Kier molecular flexibility index (Phi) is 12.4. The third-order valence-electron chi connectivity index (χ3n) is 6.20. The van der Waals surface area contributed by atoms with Crippen LogP contribution in [0.15, 0.2) is 36.8 Å². The molecule has 214 valence electrons. The number of nitrogens with two attached hydrogens (primary N) is 2. The summed E-state index contributed by atoms with van der Waals surface area (Å²) < 4.78 is 0. The summed E-state index contributed by atoms with van der Waals surface area (Å²) in [4.78, 5) is 57.8. The molecule has 3 amide bonds. The van der Waals surface area contributed by atoms with E-state index in [2.05, 4.69) is 25.9 Å². The summed E-state index contributed by atoms with van der Waals surface area (Å²) in [7, 11) is 0. The van der Waals surface area contributed by atoms with Crippen LogP contribution < -0.4 is 27.4 Å². The van der Waals surface area contributed by atoms with Crippen LogP contribution in [-0.2, 0) is 32.0 Å². The first kappa shape index (κ1) is 31.2. The molecule has 10 N–H and O–H groups in total. The molecule has 0 radical (unpaired) electrons. The number of benzene rings is 1. The largest absolute Gasteiger partial charge is 0.508 e. The van der Waals surface area contributed by atoms with Gasteiger partial charge in [0.2, 0.25) is 17.7 Å². The second-order valence-corrected chi connectivity index (χ2v) is 9.73. The lowest BCUT2D eigenvalue weighted by Crippen LogP contribution is -2.58. The third kappa shape index (κ3) is 10.4. The number of aromatic nitrogens is 2. The van der Waals surface area contributed by atoms with E-state index in [4.69, 9.17) is 11.5 Å². The Labute approximate surface area is 227 Å². The number of carbonyl (C=O) groups excluding carboxylic acids is 3. The maximum Gasteiger partial charge on any atom is 0.326 e. The van der Waals surface area contributed by atoms with Gasteiger partial charge < -0.3 is 42.6 Å². The van der Waals surface area contributed by atoms with Crippen molar-refractivity contribution in [2.24, 2.45) is 17.4 Å². The second kappa shape index (κ2) is 15.4. The molecule has 2 rings (SSSR count). The molecule has 1 aromatic heterocycles. The molecule has 0 aliphatic carbocycles. The molecule has 0 fully saturated rings. The summed E-state index contributed by atoms with van der Waals surface area (Å²) in [6.07, 6.45) is 4.19. The van der Waals surface area contributed by atoms with Crippen molar-refractivity contribution in [3.8, 4) is 5.75 Å². The number of amides is 3. The first-order chi connectivity index (χ1) is 18.5. The first-order valence-corrected chi connectivity index (χ1v) is 12.9. The van der Waals surface area contributed by atoms with E-state index in [-0.39, 0.29) is 30.9 Å². The number of phenols is 1. The number of nitrogens with one attached hydrogen (secondary N) is 4. The molecule has 0 saturated heterocycles. The number of carboxylic acid groups (broad SMARTS) is 1. The van der Waals surface area contributed by atoms with Crippen LogP contribution in [-0.4, -0.2) is 74.6 Å². The Morgan fingerprint density at radius 1 is 0.923 bits per heavy atom. The Hall–Kier alpha value is -3.97. The average Bonchev–Trinajstić information content (AvgIpc) is 3.41. The van der Waals surface area contributed by atoms with E-state index in [1.807, 2.05) is 0 Å². The monoisotopic (exact) mass is 545 g/mol. The predicted octanol–water partition coefficient (Wildman–Crippen LogP) is -0.448. The highest BCUT2D eigenvalue weighted by atomic mass is 16.4. The number of carbonyl (C=O) groups is 4. The first-order valence-electron chi connectivity index (χ1n) is 12.9. The van der Waals surface area contributed by atoms with Gasteiger partial charge in [0.25, 0.3) is 0 Å². The molecule has 0 saturated carbocycles. The number of hydrogen-bond acceptors (Lipinski definition) is 8. The van der Waals surface area contributed by atoms with E-state index >= 15 is 0 Å². The van der Waals surface area contributed by atoms with Crippen molar-refractivity contribution in [2.75, 3.05) is 6.54 Å². The van der Waals surface area contributed by atoms with Crippen LogP contribution >= 0.6 is 0 Å². The SMILES string of the molecule is CC(C)C(N)C(=O)NC(Cc1ccc(O)cc1)C(=O)NC(CCCCN)C(=O)NC(Cc1cnc[nH]1)C(=O)O. The van der Waals surface area contributed by atoms with Gasteiger partial charge in [-0.1, -0.05) is 26.0 Å². The van der Waals surface area contributed by atoms with Gasteiger partial charge >= 0.3 is 5.97 Å². The van der Waals surface area contributed by atoms with Gasteiger partial charge in [0.1, 0.15) is 23.9 Å². The summed E-state index contributed by atoms with van der Waals surface area (Å²) in [5, 5.41) is 27.1. The number of aromatic hydroxyl groups is 1. The van der Waals surface area contributed by atoms with Crippen molar-refractivity contribution in [3.05, 3.63) is 48.0 Å². The number of unbranched alkanes of at least 4 members (excludes halogenated alkanes) is 1. The van der Waals surface area contributed by atoms with Crippen molar-refractivity contribution in [2.45, 2.75) is 70.1 Å². The average molecular weight is 546 g/mol. The van der Waals surface area contributed by atoms with Crippen molar-refractivity contribution in [3.63, 3.8) is 0 Å². The van der Waals surface area contributed by atoms with Crippen LogP contribution in [0.5, 0.6) is 5.75 Å². The minimum absolute atomic E-state index is 0.0306. The fraction of sp³-hybridized carbons (Fsp3) is 0.500. The van der Waals surface area contributed by atoms with E-state index in [0.717, 1.165) is 0 Å². The summed E-state index contributed by atoms with van der Waals surface area (Å²) in [6.45, 7) is 3.94. The van der Waals surface area contributed by atoms with E-state index < -0.39 is 47.9 Å². The van der Waals surface area contributed by atoms with Gasteiger partial charge in [-0.15, -0.1) is 0 Å². The van der Waals surface area contributed by atoms with Crippen molar-refractivity contribution >= 4 is 23.7 Å². The lowest BCUT2D eigenvalue weighted by molar-refractivity contribution is -0.142. The number of carboxylic acids is 1. The van der Waals surface area contributed by atoms with Crippen LogP contribution in [0.4, 0.5) is 0 Å². The number of nitrogens with zero attached hydrogens (tertiary/aromatic N) is 1. The normalized spacial score (nSPS) is 14.2. The van der Waals surface area contributed by atoms with Gasteiger partial charge in [0, 0.05) is 24.7 Å². The number of imidazole rings is 1. The summed E-state index contributed by atoms with van der Waals surface area (Å²) in [5.74, 6) is -3.23. The van der Waals surface area contributed by atoms with Crippen LogP contribution in [0, 0.1) is 5.92 Å². The lowest BCUT2D eigenvalue weighted by Gasteiger charge is -2.26. The fourth-order valence-electron chi connectivity index (χ4n) is 3.77. The minimum atomic E-state index is -1.26. The molecule has 4 atom stereocenters. The number of H-pyrrole nitrogens is 1. The van der Waals surface area contributed by atoms with E-state index in [1.54, 1.807) is 26.0 Å². The van der Waals surface area contributed by atoms with Gasteiger partial charge in [-0.2, -0.15) is 0 Å². The van der Waals surface area contributed by atoms with Crippen LogP contribution in [0.1, 0.15) is 44.4 Å². The molecule has 13 heteroatoms. The van der Waals surface area contributed by atoms with E-state index in [9.17, 15) is 29.4 Å². The maximum atomic E-state index is 13.4. The molecule has 39 heavy (non-hydrogen) atoms. The van der Waals surface area contributed by atoms with Crippen molar-refractivity contribution < 1.29 is 29.4 Å². The minimum Gasteiger partial charge on any atom is -0.508 e. The van der Waals surface area contributed by atoms with Gasteiger partial charge in [0.05, 0.1) is 12.4 Å². The topological polar surface area (TPSA) is 226 Å². The molecule has 1 heterocycles. The summed E-state index contributed by atoms with van der Waals surface area (Å²) >= 11 is 0. The van der Waals surface area contributed by atoms with Gasteiger partial charge in [0.15, 0.2) is 0 Å². The number of aromatic amines is 1. The summed E-state index contributed by atoms with van der Waals surface area (Å²) in [5.41, 5.74) is 12.7. The number of rotatable bonds is 16. The molecule has 0 bridgehead atoms. The Morgan fingerprint density at radius 2 is 1.54 bits per heavy atom. The van der Waals surface area contributed by atoms with Crippen LogP contribution in [0.3, 0.4) is 0 Å². The van der Waals surface area contributed by atoms with Gasteiger partial charge in [-0.25, -0.2) is 9.78 Å². The molecular weight excluding hydrogens is 506 g/mol. The smallest absolute Gasteiger partial charge is 0.326 e. The Balaban J connectivity index is 2.23. The van der Waals surface area contributed by atoms with Gasteiger partial charge in [-0.3, -0.25) is 14.4 Å². The molecular formula is C26H39N7O6. The van der Waals surface area contributed by atoms with E-state index in [0.29, 0.717) is 30.6 Å². The molecule has 4 unspecified atom stereocenters. The highest BCUT2D eigenvalue weighted by Gasteiger charge is 2.31. The Bertz CT molecular complexity index is 1070. The fourth-order valence-corrected chi connectivity index (χ4v) is 3.77. The molecule has 0 aliphatic heterocycles.